The van der Waals surface area contributed by atoms with Crippen LogP contribution >= 0.6 is 0 Å². The van der Waals surface area contributed by atoms with Crippen LogP contribution in [-0.2, 0) is 0 Å². The van der Waals surface area contributed by atoms with Crippen LogP contribution in [0.5, 0.6) is 0 Å². The second-order valence-electron chi connectivity index (χ2n) is 13.3. The predicted octanol–water partition coefficient (Wildman–Crippen LogP) is 7.53. The summed E-state index contributed by atoms with van der Waals surface area (Å²) in [7, 11) is -4.59. The maximum absolute atomic E-state index is 2.69. The van der Waals surface area contributed by atoms with E-state index in [0.29, 0.717) is 4.28 Å². The molecule has 0 aromatic heterocycles. The van der Waals surface area contributed by atoms with Crippen LogP contribution in [0.3, 0.4) is 0 Å². The number of hydrogen-bond donors (Lipinski definition) is 0. The SMILES string of the molecule is C[C](C)(C)[Al]([CH]([Si](C)(C)C)[Si](C)(C)C)[CH]([Si](C)(C)C)[Si](C)(C)C. The Morgan fingerprint density at radius 3 is 0.739 bits per heavy atom. The highest BCUT2D eigenvalue weighted by Crippen LogP contribution is 2.53. The van der Waals surface area contributed by atoms with Crippen molar-refractivity contribution in [2.24, 2.45) is 0 Å². The quantitative estimate of drug-likeness (QED) is 0.403. The highest BCUT2D eigenvalue weighted by atomic mass is 28.4. The van der Waals surface area contributed by atoms with Crippen molar-refractivity contribution >= 4 is 46.4 Å². The van der Waals surface area contributed by atoms with Crippen LogP contribution in [0.4, 0.5) is 0 Å². The van der Waals surface area contributed by atoms with Gasteiger partial charge in [0.15, 0.2) is 0 Å². The van der Waals surface area contributed by atoms with Crippen molar-refractivity contribution in [1.82, 2.24) is 0 Å². The van der Waals surface area contributed by atoms with Crippen LogP contribution < -0.4 is 0 Å². The van der Waals surface area contributed by atoms with Gasteiger partial charge < -0.3 is 0 Å². The molecule has 23 heavy (non-hydrogen) atoms. The van der Waals surface area contributed by atoms with E-state index < -0.39 is 46.4 Å². The second kappa shape index (κ2) is 7.19. The van der Waals surface area contributed by atoms with Crippen molar-refractivity contribution in [3.63, 3.8) is 0 Å². The molecular weight excluding hydrogens is 356 g/mol. The third-order valence-electron chi connectivity index (χ3n) is 5.45. The summed E-state index contributed by atoms with van der Waals surface area (Å²) in [6, 6.07) is 0. The molecule has 0 aliphatic heterocycles. The Morgan fingerprint density at radius 1 is 0.478 bits per heavy atom. The molecule has 0 saturated heterocycles. The molecule has 0 bridgehead atoms. The maximum Gasteiger partial charge on any atom is 0.263 e. The van der Waals surface area contributed by atoms with E-state index in [2.05, 4.69) is 99.3 Å². The van der Waals surface area contributed by atoms with Crippen LogP contribution in [0.1, 0.15) is 20.8 Å². The minimum Gasteiger partial charge on any atom is -0.0901 e. The second-order valence-corrected chi connectivity index (χ2v) is 42.7. The molecule has 0 rings (SSSR count). The molecule has 0 aliphatic rings. The molecule has 0 aliphatic carbocycles. The number of rotatable bonds is 6. The van der Waals surface area contributed by atoms with Gasteiger partial charge in [0.05, 0.1) is 0 Å². The van der Waals surface area contributed by atoms with Gasteiger partial charge in [-0.15, -0.1) is 0 Å². The zero-order valence-electron chi connectivity index (χ0n) is 19.2. The first-order chi connectivity index (χ1) is 9.61. The number of hydrogen-bond acceptors (Lipinski definition) is 0. The van der Waals surface area contributed by atoms with E-state index in [9.17, 15) is 0 Å². The third kappa shape index (κ3) is 6.90. The Labute approximate surface area is 157 Å². The molecule has 0 aromatic rings. The van der Waals surface area contributed by atoms with E-state index in [0.717, 1.165) is 8.05 Å². The van der Waals surface area contributed by atoms with Crippen molar-refractivity contribution in [1.29, 1.82) is 0 Å². The first kappa shape index (κ1) is 24.4. The van der Waals surface area contributed by atoms with Crippen LogP contribution in [0.25, 0.3) is 0 Å². The molecule has 0 N–H and O–H groups in total. The molecule has 0 unspecified atom stereocenters. The summed E-state index contributed by atoms with van der Waals surface area (Å²) in [5.74, 6) is 0. The third-order valence-corrected chi connectivity index (χ3v) is 43.1. The van der Waals surface area contributed by atoms with Gasteiger partial charge in [-0.25, -0.2) is 0 Å². The lowest BCUT2D eigenvalue weighted by molar-refractivity contribution is 0.727. The van der Waals surface area contributed by atoms with Crippen LogP contribution in [0.15, 0.2) is 0 Å². The fraction of sp³-hybridized carbons (Fsp3) is 1.00. The fourth-order valence-corrected chi connectivity index (χ4v) is 57.0. The minimum absolute atomic E-state index is 0.566. The molecule has 0 heterocycles. The average molecular weight is 403 g/mol. The van der Waals surface area contributed by atoms with Gasteiger partial charge in [0.25, 0.3) is 14.1 Å². The van der Waals surface area contributed by atoms with E-state index in [4.69, 9.17) is 0 Å². The molecule has 0 nitrogen and oxygen atoms in total. The summed E-state index contributed by atoms with van der Waals surface area (Å²) in [6.07, 6.45) is 0. The molecule has 0 aromatic carbocycles. The summed E-state index contributed by atoms with van der Waals surface area (Å²) in [5, 5.41) is 0. The fourth-order valence-electron chi connectivity index (χ4n) is 5.95. The molecule has 0 fully saturated rings. The first-order valence-corrected chi connectivity index (χ1v) is 25.8. The van der Waals surface area contributed by atoms with Gasteiger partial charge in [0, 0.05) is 32.3 Å². The minimum atomic E-state index is -1.15. The molecule has 0 saturated carbocycles. The molecule has 0 spiro atoms. The normalized spacial score (nSPS) is 15.5. The van der Waals surface area contributed by atoms with Crippen LogP contribution in [-0.4, -0.2) is 46.4 Å². The van der Waals surface area contributed by atoms with Gasteiger partial charge >= 0.3 is 0 Å². The zero-order chi connectivity index (χ0) is 19.2. The van der Waals surface area contributed by atoms with Gasteiger partial charge in [0.2, 0.25) is 0 Å². The highest BCUT2D eigenvalue weighted by molar-refractivity contribution is 7.17. The molecule has 5 heteroatoms. The highest BCUT2D eigenvalue weighted by Gasteiger charge is 2.58. The summed E-state index contributed by atoms with van der Waals surface area (Å²) >= 11 is -0.905. The molecular formula is C18H47AlSi4. The predicted molar refractivity (Wildman–Crippen MR) is 126 cm³/mol. The smallest absolute Gasteiger partial charge is 0.0901 e. The van der Waals surface area contributed by atoms with E-state index >= 15 is 0 Å². The van der Waals surface area contributed by atoms with E-state index in [-0.39, 0.29) is 0 Å². The maximum atomic E-state index is 2.69. The lowest BCUT2D eigenvalue weighted by Gasteiger charge is -2.54. The Bertz CT molecular complexity index is 326. The van der Waals surface area contributed by atoms with E-state index in [1.807, 2.05) is 0 Å². The van der Waals surface area contributed by atoms with Gasteiger partial charge in [-0.05, 0) is 0 Å². The van der Waals surface area contributed by atoms with Crippen molar-refractivity contribution in [2.75, 3.05) is 0 Å². The first-order valence-electron chi connectivity index (χ1n) is 9.61. The van der Waals surface area contributed by atoms with E-state index in [1.54, 1.807) is 0 Å². The van der Waals surface area contributed by atoms with Crippen molar-refractivity contribution in [3.05, 3.63) is 0 Å². The molecule has 0 amide bonds. The summed E-state index contributed by atoms with van der Waals surface area (Å²) < 4.78 is 2.87. The van der Waals surface area contributed by atoms with E-state index in [1.165, 1.54) is 0 Å². The summed E-state index contributed by atoms with van der Waals surface area (Å²) in [5.41, 5.74) is 0. The summed E-state index contributed by atoms with van der Waals surface area (Å²) in [4.78, 5) is 0. The molecule has 138 valence electrons. The lowest BCUT2D eigenvalue weighted by Crippen LogP contribution is -2.63. The van der Waals surface area contributed by atoms with Gasteiger partial charge in [0.1, 0.15) is 0 Å². The topological polar surface area (TPSA) is 0 Å². The Balaban J connectivity index is 6.55. The van der Waals surface area contributed by atoms with Gasteiger partial charge in [-0.3, -0.25) is 0 Å². The largest absolute Gasteiger partial charge is 0.263 e. The van der Waals surface area contributed by atoms with Crippen LogP contribution in [0.2, 0.25) is 90.9 Å². The monoisotopic (exact) mass is 402 g/mol. The lowest BCUT2D eigenvalue weighted by atomic mass is 10.2. The summed E-state index contributed by atoms with van der Waals surface area (Å²) in [6.45, 7) is 40.1. The Kier molecular flexibility index (Phi) is 7.63. The molecule has 0 radical (unpaired) electrons. The Hall–Kier alpha value is 1.40. The van der Waals surface area contributed by atoms with Crippen molar-refractivity contribution in [3.8, 4) is 0 Å². The Morgan fingerprint density at radius 2 is 0.652 bits per heavy atom. The zero-order valence-corrected chi connectivity index (χ0v) is 24.4. The molecule has 0 atom stereocenters. The van der Waals surface area contributed by atoms with Crippen molar-refractivity contribution in [2.45, 2.75) is 112 Å². The van der Waals surface area contributed by atoms with Gasteiger partial charge in [-0.2, -0.15) is 0 Å². The average Bonchev–Trinajstić information content (AvgIpc) is 2.04. The van der Waals surface area contributed by atoms with Crippen LogP contribution in [0, 0.1) is 0 Å². The van der Waals surface area contributed by atoms with Gasteiger partial charge in [-0.1, -0.05) is 112 Å². The van der Waals surface area contributed by atoms with Crippen molar-refractivity contribution < 1.29 is 0 Å². The standard InChI is InChI=1S/2C7H19Si2.C4H9.Al/c2*1-8(2,3)7-9(4,5)6;1-4(2)3;/h2*7H,1-6H3;1-3H3;.